The first kappa shape index (κ1) is 10.3. The molecule has 0 radical (unpaired) electrons. The van der Waals surface area contributed by atoms with Crippen LogP contribution in [0.1, 0.15) is 6.92 Å². The van der Waals surface area contributed by atoms with Crippen molar-refractivity contribution < 1.29 is 4.74 Å². The summed E-state index contributed by atoms with van der Waals surface area (Å²) in [4.78, 5) is 0. The molecule has 0 aliphatic rings. The molecule has 0 saturated carbocycles. The molecule has 0 heterocycles. The minimum absolute atomic E-state index is 0.713. The Bertz CT molecular complexity index is 178. The van der Waals surface area contributed by atoms with Gasteiger partial charge in [-0.1, -0.05) is 25.6 Å². The quantitative estimate of drug-likeness (QED) is 0.349. The van der Waals surface area contributed by atoms with Gasteiger partial charge in [-0.15, -0.1) is 5.54 Å². The second-order valence-electron chi connectivity index (χ2n) is 3.28. The second-order valence-corrected chi connectivity index (χ2v) is 8.03. The smallest absolute Gasteiger partial charge is 0.129 e. The van der Waals surface area contributed by atoms with E-state index in [9.17, 15) is 0 Å². The Morgan fingerprint density at radius 3 is 2.45 bits per heavy atom. The Hall–Kier alpha value is -0.683. The van der Waals surface area contributed by atoms with E-state index in [0.717, 1.165) is 0 Å². The SMILES string of the molecule is CCO/C=C/C#C[Si](C)(C)C. The molecule has 0 bridgehead atoms. The summed E-state index contributed by atoms with van der Waals surface area (Å²) >= 11 is 0. The van der Waals surface area contributed by atoms with Crippen LogP contribution in [0.2, 0.25) is 19.6 Å². The maximum Gasteiger partial charge on any atom is 0.129 e. The number of allylic oxidation sites excluding steroid dienone is 1. The third kappa shape index (κ3) is 9.32. The molecular weight excluding hydrogens is 152 g/mol. The fraction of sp³-hybridized carbons (Fsp3) is 0.556. The molecule has 62 valence electrons. The summed E-state index contributed by atoms with van der Waals surface area (Å²) < 4.78 is 4.98. The molecule has 0 fully saturated rings. The van der Waals surface area contributed by atoms with E-state index in [4.69, 9.17) is 4.74 Å². The van der Waals surface area contributed by atoms with Crippen molar-refractivity contribution in [1.82, 2.24) is 0 Å². The van der Waals surface area contributed by atoms with E-state index < -0.39 is 8.07 Å². The molecule has 0 unspecified atom stereocenters. The molecule has 0 spiro atoms. The van der Waals surface area contributed by atoms with Gasteiger partial charge in [-0.25, -0.2) is 0 Å². The molecule has 0 N–H and O–H groups in total. The number of hydrogen-bond acceptors (Lipinski definition) is 1. The Morgan fingerprint density at radius 1 is 1.36 bits per heavy atom. The molecular formula is C9H16OSi. The Labute approximate surface area is 70.5 Å². The fourth-order valence-electron chi connectivity index (χ4n) is 0.437. The van der Waals surface area contributed by atoms with Crippen molar-refractivity contribution in [1.29, 1.82) is 0 Å². The van der Waals surface area contributed by atoms with E-state index in [-0.39, 0.29) is 0 Å². The predicted molar refractivity (Wildman–Crippen MR) is 51.9 cm³/mol. The van der Waals surface area contributed by atoms with Crippen LogP contribution in [-0.2, 0) is 4.74 Å². The van der Waals surface area contributed by atoms with Crippen molar-refractivity contribution in [2.24, 2.45) is 0 Å². The summed E-state index contributed by atoms with van der Waals surface area (Å²) in [5, 5.41) is 0. The summed E-state index contributed by atoms with van der Waals surface area (Å²) in [5.41, 5.74) is 3.20. The maximum absolute atomic E-state index is 4.98. The zero-order chi connectivity index (χ0) is 8.74. The topological polar surface area (TPSA) is 9.23 Å². The van der Waals surface area contributed by atoms with Crippen LogP contribution >= 0.6 is 0 Å². The molecule has 0 aromatic carbocycles. The zero-order valence-electron chi connectivity index (χ0n) is 7.77. The monoisotopic (exact) mass is 168 g/mol. The van der Waals surface area contributed by atoms with Gasteiger partial charge in [-0.05, 0) is 6.92 Å². The van der Waals surface area contributed by atoms with Crippen LogP contribution in [0.4, 0.5) is 0 Å². The van der Waals surface area contributed by atoms with Crippen LogP contribution in [0, 0.1) is 11.5 Å². The van der Waals surface area contributed by atoms with Crippen LogP contribution in [0.5, 0.6) is 0 Å². The number of ether oxygens (including phenoxy) is 1. The van der Waals surface area contributed by atoms with Crippen LogP contribution in [0.3, 0.4) is 0 Å². The zero-order valence-corrected chi connectivity index (χ0v) is 8.77. The first-order valence-corrected chi connectivity index (χ1v) is 7.35. The minimum Gasteiger partial charge on any atom is -0.501 e. The largest absolute Gasteiger partial charge is 0.501 e. The van der Waals surface area contributed by atoms with E-state index in [1.165, 1.54) is 0 Å². The third-order valence-electron chi connectivity index (χ3n) is 0.861. The van der Waals surface area contributed by atoms with Gasteiger partial charge in [0.25, 0.3) is 0 Å². The van der Waals surface area contributed by atoms with Gasteiger partial charge < -0.3 is 4.74 Å². The van der Waals surface area contributed by atoms with Crippen molar-refractivity contribution in [2.45, 2.75) is 26.6 Å². The molecule has 0 aliphatic carbocycles. The van der Waals surface area contributed by atoms with Crippen molar-refractivity contribution in [3.05, 3.63) is 12.3 Å². The van der Waals surface area contributed by atoms with Crippen LogP contribution in [0.15, 0.2) is 12.3 Å². The highest BCUT2D eigenvalue weighted by molar-refractivity contribution is 6.83. The van der Waals surface area contributed by atoms with Crippen LogP contribution in [-0.4, -0.2) is 14.7 Å². The van der Waals surface area contributed by atoms with E-state index in [1.54, 1.807) is 12.3 Å². The van der Waals surface area contributed by atoms with Gasteiger partial charge in [0, 0.05) is 6.08 Å². The van der Waals surface area contributed by atoms with Crippen LogP contribution < -0.4 is 0 Å². The van der Waals surface area contributed by atoms with Gasteiger partial charge in [-0.2, -0.15) is 0 Å². The van der Waals surface area contributed by atoms with Gasteiger partial charge in [0.05, 0.1) is 12.9 Å². The molecule has 1 nitrogen and oxygen atoms in total. The van der Waals surface area contributed by atoms with Crippen molar-refractivity contribution >= 4 is 8.07 Å². The lowest BCUT2D eigenvalue weighted by Gasteiger charge is -2.01. The highest BCUT2D eigenvalue weighted by atomic mass is 28.3. The summed E-state index contributed by atoms with van der Waals surface area (Å²) in [6, 6.07) is 0. The highest BCUT2D eigenvalue weighted by Gasteiger charge is 2.06. The molecule has 11 heavy (non-hydrogen) atoms. The molecule has 0 rings (SSSR count). The molecule has 2 heteroatoms. The molecule has 0 aromatic rings. The second kappa shape index (κ2) is 5.03. The van der Waals surface area contributed by atoms with Gasteiger partial charge >= 0.3 is 0 Å². The first-order chi connectivity index (χ1) is 5.06. The van der Waals surface area contributed by atoms with E-state index in [1.807, 2.05) is 6.92 Å². The van der Waals surface area contributed by atoms with E-state index in [0.29, 0.717) is 6.61 Å². The molecule has 0 atom stereocenters. The summed E-state index contributed by atoms with van der Waals surface area (Å²) in [6.45, 7) is 9.32. The molecule has 0 saturated heterocycles. The normalized spacial score (nSPS) is 10.9. The lowest BCUT2D eigenvalue weighted by atomic mass is 10.6. The summed E-state index contributed by atoms with van der Waals surface area (Å²) in [7, 11) is -1.19. The standard InChI is InChI=1S/C9H16OSi/c1-5-10-8-6-7-9-11(2,3)4/h6,8H,5H2,1-4H3/b8-6+. The summed E-state index contributed by atoms with van der Waals surface area (Å²) in [6.07, 6.45) is 3.41. The summed E-state index contributed by atoms with van der Waals surface area (Å²) in [5.74, 6) is 2.97. The van der Waals surface area contributed by atoms with Crippen molar-refractivity contribution in [2.75, 3.05) is 6.61 Å². The Kier molecular flexibility index (Phi) is 4.72. The van der Waals surface area contributed by atoms with E-state index in [2.05, 4.69) is 31.1 Å². The van der Waals surface area contributed by atoms with Gasteiger partial charge in [0.1, 0.15) is 8.07 Å². The maximum atomic E-state index is 4.98. The van der Waals surface area contributed by atoms with Gasteiger partial charge in [0.15, 0.2) is 0 Å². The van der Waals surface area contributed by atoms with Crippen LogP contribution in [0.25, 0.3) is 0 Å². The Balaban J connectivity index is 3.72. The lowest BCUT2D eigenvalue weighted by molar-refractivity contribution is 0.269. The minimum atomic E-state index is -1.19. The third-order valence-corrected chi connectivity index (χ3v) is 1.76. The number of rotatable bonds is 2. The molecule has 0 aliphatic heterocycles. The average molecular weight is 168 g/mol. The van der Waals surface area contributed by atoms with Crippen molar-refractivity contribution in [3.8, 4) is 11.5 Å². The predicted octanol–water partition coefficient (Wildman–Crippen LogP) is 2.42. The van der Waals surface area contributed by atoms with E-state index >= 15 is 0 Å². The van der Waals surface area contributed by atoms with Gasteiger partial charge in [-0.3, -0.25) is 0 Å². The van der Waals surface area contributed by atoms with Gasteiger partial charge in [0.2, 0.25) is 0 Å². The molecule has 0 aromatic heterocycles. The average Bonchev–Trinajstić information content (AvgIpc) is 1.85. The Morgan fingerprint density at radius 2 is 2.00 bits per heavy atom. The number of hydrogen-bond donors (Lipinski definition) is 0. The first-order valence-electron chi connectivity index (χ1n) is 3.85. The molecule has 0 amide bonds. The lowest BCUT2D eigenvalue weighted by Crippen LogP contribution is -2.16. The van der Waals surface area contributed by atoms with Crippen molar-refractivity contribution in [3.63, 3.8) is 0 Å². The highest BCUT2D eigenvalue weighted by Crippen LogP contribution is 1.95. The fourth-order valence-corrected chi connectivity index (χ4v) is 0.953.